The number of alkyl halides is 3. The van der Waals surface area contributed by atoms with E-state index in [1.54, 1.807) is 11.0 Å². The Labute approximate surface area is 224 Å². The fourth-order valence-electron chi connectivity index (χ4n) is 5.23. The van der Waals surface area contributed by atoms with Crippen LogP contribution in [0.3, 0.4) is 0 Å². The van der Waals surface area contributed by atoms with Crippen LogP contribution in [0.5, 0.6) is 0 Å². The van der Waals surface area contributed by atoms with Crippen molar-refractivity contribution in [3.05, 3.63) is 64.7 Å². The Hall–Kier alpha value is -3.47. The number of rotatable bonds is 5. The predicted octanol–water partition coefficient (Wildman–Crippen LogP) is 5.60. The molecule has 2 aromatic heterocycles. The lowest BCUT2D eigenvalue weighted by Crippen LogP contribution is -2.31. The van der Waals surface area contributed by atoms with E-state index in [-0.39, 0.29) is 11.4 Å². The van der Waals surface area contributed by atoms with Gasteiger partial charge in [-0.2, -0.15) is 18.2 Å². The van der Waals surface area contributed by atoms with E-state index in [1.165, 1.54) is 38.2 Å². The van der Waals surface area contributed by atoms with Crippen molar-refractivity contribution in [1.29, 1.82) is 0 Å². The molecule has 0 spiro atoms. The van der Waals surface area contributed by atoms with Gasteiger partial charge in [0, 0.05) is 55.6 Å². The summed E-state index contributed by atoms with van der Waals surface area (Å²) in [6.07, 6.45) is 0.843. The largest absolute Gasteiger partial charge is 0.419 e. The van der Waals surface area contributed by atoms with Gasteiger partial charge in [0.25, 0.3) is 0 Å². The molecule has 1 aromatic carbocycles. The summed E-state index contributed by atoms with van der Waals surface area (Å²) < 4.78 is 56.0. The first-order chi connectivity index (χ1) is 18.5. The van der Waals surface area contributed by atoms with Crippen LogP contribution in [0.25, 0.3) is 0 Å². The quantitative estimate of drug-likeness (QED) is 0.405. The molecule has 0 amide bonds. The smallest absolute Gasteiger partial charge is 0.386 e. The first kappa shape index (κ1) is 27.1. The number of pyridine rings is 1. The molecule has 2 N–H and O–H groups in total. The minimum absolute atomic E-state index is 0.0965. The summed E-state index contributed by atoms with van der Waals surface area (Å²) in [5.41, 5.74) is 0.0756. The molecular weight excluding hydrogens is 512 g/mol. The standard InChI is InChI=1S/C28H32F4N6O/c1-27(2,39)20-9-8-18(17-22(20)29)34-24-19-10-15-37(25-21(28(30,31)32)7-6-12-33-25)16-11-23(19)35-26(36-24)38-13-4-3-5-14-38/h6-9,12,17,39H,3-5,10-11,13-16H2,1-2H3,(H,34,35,36). The van der Waals surface area contributed by atoms with Gasteiger partial charge in [0.1, 0.15) is 17.5 Å². The first-order valence-corrected chi connectivity index (χ1v) is 13.2. The van der Waals surface area contributed by atoms with Gasteiger partial charge in [-0.05, 0) is 63.8 Å². The van der Waals surface area contributed by atoms with Crippen LogP contribution in [0, 0.1) is 5.82 Å². The molecule has 0 atom stereocenters. The molecule has 208 valence electrons. The van der Waals surface area contributed by atoms with E-state index in [1.807, 2.05) is 0 Å². The molecule has 2 aliphatic heterocycles. The Bertz CT molecular complexity index is 1330. The van der Waals surface area contributed by atoms with Crippen LogP contribution in [0.15, 0.2) is 36.5 Å². The highest BCUT2D eigenvalue weighted by atomic mass is 19.4. The number of nitrogens with one attached hydrogen (secondary N) is 1. The van der Waals surface area contributed by atoms with E-state index in [9.17, 15) is 22.7 Å². The van der Waals surface area contributed by atoms with Crippen LogP contribution in [-0.2, 0) is 24.6 Å². The molecule has 39 heavy (non-hydrogen) atoms. The molecule has 2 aliphatic rings. The van der Waals surface area contributed by atoms with Crippen molar-refractivity contribution in [2.75, 3.05) is 41.3 Å². The molecule has 0 unspecified atom stereocenters. The zero-order valence-electron chi connectivity index (χ0n) is 22.0. The summed E-state index contributed by atoms with van der Waals surface area (Å²) >= 11 is 0. The third kappa shape index (κ3) is 5.93. The maximum absolute atomic E-state index is 14.8. The van der Waals surface area contributed by atoms with Crippen molar-refractivity contribution in [2.24, 2.45) is 0 Å². The zero-order valence-corrected chi connectivity index (χ0v) is 22.0. The number of anilines is 4. The minimum Gasteiger partial charge on any atom is -0.386 e. The molecule has 4 heterocycles. The van der Waals surface area contributed by atoms with Gasteiger partial charge >= 0.3 is 6.18 Å². The highest BCUT2D eigenvalue weighted by Gasteiger charge is 2.36. The summed E-state index contributed by atoms with van der Waals surface area (Å²) in [5.74, 6) is 0.424. The van der Waals surface area contributed by atoms with Crippen LogP contribution in [0.2, 0.25) is 0 Å². The molecule has 1 fully saturated rings. The van der Waals surface area contributed by atoms with Gasteiger partial charge in [-0.1, -0.05) is 6.07 Å². The monoisotopic (exact) mass is 544 g/mol. The fourth-order valence-corrected chi connectivity index (χ4v) is 5.23. The molecule has 0 radical (unpaired) electrons. The van der Waals surface area contributed by atoms with Crippen molar-refractivity contribution < 1.29 is 22.7 Å². The molecule has 0 saturated carbocycles. The third-order valence-corrected chi connectivity index (χ3v) is 7.25. The topological polar surface area (TPSA) is 77.4 Å². The molecule has 7 nitrogen and oxygen atoms in total. The Morgan fingerprint density at radius 2 is 1.64 bits per heavy atom. The maximum atomic E-state index is 14.8. The van der Waals surface area contributed by atoms with Gasteiger partial charge in [-0.3, -0.25) is 0 Å². The van der Waals surface area contributed by atoms with Gasteiger partial charge in [0.05, 0.1) is 16.9 Å². The average molecular weight is 545 g/mol. The van der Waals surface area contributed by atoms with Gasteiger partial charge in [-0.15, -0.1) is 0 Å². The lowest BCUT2D eigenvalue weighted by Gasteiger charge is -2.28. The number of hydrogen-bond acceptors (Lipinski definition) is 7. The van der Waals surface area contributed by atoms with Crippen LogP contribution >= 0.6 is 0 Å². The molecule has 1 saturated heterocycles. The van der Waals surface area contributed by atoms with E-state index < -0.39 is 23.2 Å². The lowest BCUT2D eigenvalue weighted by atomic mass is 9.97. The van der Waals surface area contributed by atoms with Crippen molar-refractivity contribution in [2.45, 2.75) is 57.7 Å². The number of aliphatic hydroxyl groups is 1. The van der Waals surface area contributed by atoms with E-state index in [2.05, 4.69) is 15.2 Å². The van der Waals surface area contributed by atoms with Crippen molar-refractivity contribution in [3.8, 4) is 0 Å². The first-order valence-electron chi connectivity index (χ1n) is 13.2. The van der Waals surface area contributed by atoms with Gasteiger partial charge in [-0.25, -0.2) is 14.4 Å². The predicted molar refractivity (Wildman–Crippen MR) is 142 cm³/mol. The van der Waals surface area contributed by atoms with E-state index in [4.69, 9.17) is 9.97 Å². The van der Waals surface area contributed by atoms with Crippen molar-refractivity contribution in [1.82, 2.24) is 15.0 Å². The Morgan fingerprint density at radius 3 is 2.33 bits per heavy atom. The average Bonchev–Trinajstić information content (AvgIpc) is 3.11. The normalized spacial score (nSPS) is 16.6. The highest BCUT2D eigenvalue weighted by molar-refractivity contribution is 5.63. The molecule has 3 aromatic rings. The molecule has 0 bridgehead atoms. The van der Waals surface area contributed by atoms with E-state index in [0.717, 1.165) is 49.7 Å². The summed E-state index contributed by atoms with van der Waals surface area (Å²) in [4.78, 5) is 17.5. The molecule has 11 heteroatoms. The number of piperidine rings is 1. The summed E-state index contributed by atoms with van der Waals surface area (Å²) in [7, 11) is 0. The number of hydrogen-bond donors (Lipinski definition) is 2. The van der Waals surface area contributed by atoms with Crippen LogP contribution in [0.1, 0.15) is 55.5 Å². The van der Waals surface area contributed by atoms with E-state index >= 15 is 0 Å². The minimum atomic E-state index is -4.52. The zero-order chi connectivity index (χ0) is 27.8. The van der Waals surface area contributed by atoms with Crippen LogP contribution < -0.4 is 15.1 Å². The second kappa shape index (κ2) is 10.6. The number of fused-ring (bicyclic) bond motifs is 1. The Balaban J connectivity index is 1.50. The second-order valence-corrected chi connectivity index (χ2v) is 10.6. The van der Waals surface area contributed by atoms with Gasteiger partial charge in [0.15, 0.2) is 0 Å². The summed E-state index contributed by atoms with van der Waals surface area (Å²) in [6, 6.07) is 6.87. The molecule has 5 rings (SSSR count). The van der Waals surface area contributed by atoms with E-state index in [0.29, 0.717) is 43.4 Å². The molecular formula is C28H32F4N6O. The number of halogens is 4. The summed E-state index contributed by atoms with van der Waals surface area (Å²) in [5, 5.41) is 13.5. The van der Waals surface area contributed by atoms with Crippen molar-refractivity contribution >= 4 is 23.3 Å². The second-order valence-electron chi connectivity index (χ2n) is 10.6. The Kier molecular flexibility index (Phi) is 7.37. The van der Waals surface area contributed by atoms with Gasteiger partial charge in [0.2, 0.25) is 5.95 Å². The number of benzene rings is 1. The van der Waals surface area contributed by atoms with Crippen LogP contribution in [-0.4, -0.2) is 46.2 Å². The highest BCUT2D eigenvalue weighted by Crippen LogP contribution is 2.37. The Morgan fingerprint density at radius 1 is 0.897 bits per heavy atom. The maximum Gasteiger partial charge on any atom is 0.419 e. The van der Waals surface area contributed by atoms with Crippen LogP contribution in [0.4, 0.5) is 40.8 Å². The summed E-state index contributed by atoms with van der Waals surface area (Å²) in [6.45, 7) is 5.29. The number of nitrogens with zero attached hydrogens (tertiary/aromatic N) is 5. The SMILES string of the molecule is CC(C)(O)c1ccc(Nc2nc(N3CCCCC3)nc3c2CCN(c2ncccc2C(F)(F)F)CC3)cc1F. The lowest BCUT2D eigenvalue weighted by molar-refractivity contribution is -0.137. The third-order valence-electron chi connectivity index (χ3n) is 7.25. The van der Waals surface area contributed by atoms with Gasteiger partial charge < -0.3 is 20.2 Å². The van der Waals surface area contributed by atoms with Crippen molar-refractivity contribution in [3.63, 3.8) is 0 Å². The molecule has 0 aliphatic carbocycles. The number of aromatic nitrogens is 3. The fraction of sp³-hybridized carbons (Fsp3) is 0.464.